The van der Waals surface area contributed by atoms with Gasteiger partial charge in [-0.15, -0.1) is 0 Å². The van der Waals surface area contributed by atoms with Gasteiger partial charge in [0.1, 0.15) is 0 Å². The largest absolute Gasteiger partial charge is 0.391 e. The van der Waals surface area contributed by atoms with E-state index in [4.69, 9.17) is 23.2 Å². The Morgan fingerprint density at radius 3 is 2.58 bits per heavy atom. The molecule has 0 heterocycles. The van der Waals surface area contributed by atoms with Crippen LogP contribution in [0.15, 0.2) is 18.2 Å². The summed E-state index contributed by atoms with van der Waals surface area (Å²) in [5.74, 6) is 0.339. The predicted octanol–water partition coefficient (Wildman–Crippen LogP) is 4.29. The Morgan fingerprint density at radius 1 is 1.21 bits per heavy atom. The van der Waals surface area contributed by atoms with Gasteiger partial charge in [-0.1, -0.05) is 48.5 Å². The molecule has 2 rings (SSSR count). The minimum absolute atomic E-state index is 0.0438. The molecule has 0 saturated heterocycles. The van der Waals surface area contributed by atoms with Crippen LogP contribution in [0.3, 0.4) is 0 Å². The first-order chi connectivity index (χ1) is 11.4. The van der Waals surface area contributed by atoms with Crippen molar-refractivity contribution < 1.29 is 14.6 Å². The molecule has 0 bridgehead atoms. The van der Waals surface area contributed by atoms with Crippen molar-refractivity contribution in [1.82, 2.24) is 5.32 Å². The Balaban J connectivity index is 1.72. The molecule has 0 spiro atoms. The molecule has 1 unspecified atom stereocenters. The first-order valence-corrected chi connectivity index (χ1v) is 11.3. The molecule has 0 amide bonds. The molecule has 7 heteroatoms. The predicted molar refractivity (Wildman–Crippen MR) is 100 cm³/mol. The quantitative estimate of drug-likeness (QED) is 0.576. The topological polar surface area (TPSA) is 69.6 Å². The van der Waals surface area contributed by atoms with Crippen LogP contribution in [0.4, 0.5) is 0 Å². The van der Waals surface area contributed by atoms with Crippen molar-refractivity contribution in [2.45, 2.75) is 44.8 Å². The van der Waals surface area contributed by atoms with E-state index in [0.29, 0.717) is 28.7 Å². The van der Waals surface area contributed by atoms with E-state index in [9.17, 15) is 14.6 Å². The smallest absolute Gasteiger partial charge is 0.203 e. The van der Waals surface area contributed by atoms with E-state index >= 15 is 0 Å². The van der Waals surface area contributed by atoms with Crippen LogP contribution in [0, 0.1) is 5.92 Å². The SMILES string of the molecule is O=P(O)(CC1CCCCC1)C[C@@H](O)CNCc1ccc(Cl)c(Cl)c1. The third kappa shape index (κ3) is 7.03. The van der Waals surface area contributed by atoms with Gasteiger partial charge in [-0.3, -0.25) is 4.57 Å². The normalized spacial score (nSPS) is 19.8. The molecule has 0 aromatic heterocycles. The van der Waals surface area contributed by atoms with Crippen LogP contribution >= 0.6 is 30.6 Å². The number of hydrogen-bond acceptors (Lipinski definition) is 3. The molecule has 3 N–H and O–H groups in total. The summed E-state index contributed by atoms with van der Waals surface area (Å²) in [6, 6.07) is 5.35. The average molecular weight is 394 g/mol. The summed E-state index contributed by atoms with van der Waals surface area (Å²) in [6.07, 6.45) is 5.08. The maximum atomic E-state index is 12.3. The van der Waals surface area contributed by atoms with Crippen LogP contribution in [0.1, 0.15) is 37.7 Å². The van der Waals surface area contributed by atoms with E-state index in [1.165, 1.54) is 6.42 Å². The van der Waals surface area contributed by atoms with Crippen LogP contribution in [-0.4, -0.2) is 35.0 Å². The van der Waals surface area contributed by atoms with Crippen molar-refractivity contribution in [1.29, 1.82) is 0 Å². The van der Waals surface area contributed by atoms with Crippen molar-refractivity contribution in [3.05, 3.63) is 33.8 Å². The van der Waals surface area contributed by atoms with Crippen LogP contribution in [-0.2, 0) is 11.1 Å². The molecule has 0 aliphatic heterocycles. The molecule has 0 radical (unpaired) electrons. The van der Waals surface area contributed by atoms with Gasteiger partial charge in [0.25, 0.3) is 0 Å². The lowest BCUT2D eigenvalue weighted by molar-refractivity contribution is 0.189. The summed E-state index contributed by atoms with van der Waals surface area (Å²) in [6.45, 7) is 0.793. The van der Waals surface area contributed by atoms with E-state index in [1.54, 1.807) is 12.1 Å². The molecule has 1 aromatic carbocycles. The number of aliphatic hydroxyl groups excluding tert-OH is 1. The molecule has 136 valence electrons. The van der Waals surface area contributed by atoms with Gasteiger partial charge in [-0.2, -0.15) is 0 Å². The number of halogens is 2. The highest BCUT2D eigenvalue weighted by Crippen LogP contribution is 2.45. The average Bonchev–Trinajstić information content (AvgIpc) is 2.50. The van der Waals surface area contributed by atoms with Crippen molar-refractivity contribution in [3.8, 4) is 0 Å². The second-order valence-electron chi connectivity index (χ2n) is 6.75. The van der Waals surface area contributed by atoms with E-state index in [2.05, 4.69) is 5.32 Å². The number of hydrogen-bond donors (Lipinski definition) is 3. The lowest BCUT2D eigenvalue weighted by Crippen LogP contribution is -2.30. The van der Waals surface area contributed by atoms with Gasteiger partial charge < -0.3 is 15.3 Å². The standard InChI is InChI=1S/C17H26Cl2NO3P/c18-16-7-6-14(8-17(16)19)9-20-10-15(21)12-24(22,23)11-13-4-2-1-3-5-13/h6-8,13,15,20-21H,1-5,9-12H2,(H,22,23)/t15-/m0/s1. The van der Waals surface area contributed by atoms with E-state index in [-0.39, 0.29) is 12.7 Å². The molecule has 2 atom stereocenters. The molecule has 1 aliphatic rings. The fraction of sp³-hybridized carbons (Fsp3) is 0.647. The molecule has 1 saturated carbocycles. The van der Waals surface area contributed by atoms with Gasteiger partial charge in [0.15, 0.2) is 0 Å². The Labute approximate surface area is 154 Å². The minimum atomic E-state index is -3.27. The van der Waals surface area contributed by atoms with Gasteiger partial charge in [0.2, 0.25) is 7.37 Å². The molecule has 24 heavy (non-hydrogen) atoms. The summed E-state index contributed by atoms with van der Waals surface area (Å²) in [5, 5.41) is 14.1. The number of benzene rings is 1. The second-order valence-corrected chi connectivity index (χ2v) is 9.99. The van der Waals surface area contributed by atoms with E-state index in [1.807, 2.05) is 6.07 Å². The Hall–Kier alpha value is -0.0900. The van der Waals surface area contributed by atoms with Crippen LogP contribution in [0.5, 0.6) is 0 Å². The summed E-state index contributed by atoms with van der Waals surface area (Å²) in [7, 11) is -3.27. The summed E-state index contributed by atoms with van der Waals surface area (Å²) in [4.78, 5) is 10.2. The zero-order valence-electron chi connectivity index (χ0n) is 13.8. The summed E-state index contributed by atoms with van der Waals surface area (Å²) < 4.78 is 12.3. The summed E-state index contributed by atoms with van der Waals surface area (Å²) >= 11 is 11.8. The van der Waals surface area contributed by atoms with Gasteiger partial charge in [0, 0.05) is 19.3 Å². The number of aliphatic hydroxyl groups is 1. The van der Waals surface area contributed by atoms with E-state index < -0.39 is 13.5 Å². The molecule has 1 aromatic rings. The highest BCUT2D eigenvalue weighted by atomic mass is 35.5. The van der Waals surface area contributed by atoms with E-state index in [0.717, 1.165) is 31.2 Å². The molecule has 1 aliphatic carbocycles. The lowest BCUT2D eigenvalue weighted by Gasteiger charge is -2.25. The maximum absolute atomic E-state index is 12.3. The van der Waals surface area contributed by atoms with Crippen molar-refractivity contribution >= 4 is 30.6 Å². The second kappa shape index (κ2) is 9.56. The molecular weight excluding hydrogens is 368 g/mol. The lowest BCUT2D eigenvalue weighted by atomic mass is 9.91. The van der Waals surface area contributed by atoms with Crippen LogP contribution in [0.25, 0.3) is 0 Å². The number of nitrogens with one attached hydrogen (secondary N) is 1. The Morgan fingerprint density at radius 2 is 1.92 bits per heavy atom. The van der Waals surface area contributed by atoms with Crippen molar-refractivity contribution in [2.24, 2.45) is 5.92 Å². The first kappa shape index (κ1) is 20.2. The van der Waals surface area contributed by atoms with Gasteiger partial charge >= 0.3 is 0 Å². The van der Waals surface area contributed by atoms with Crippen LogP contribution < -0.4 is 5.32 Å². The minimum Gasteiger partial charge on any atom is -0.391 e. The van der Waals surface area contributed by atoms with Gasteiger partial charge in [-0.25, -0.2) is 0 Å². The van der Waals surface area contributed by atoms with Crippen molar-refractivity contribution in [3.63, 3.8) is 0 Å². The zero-order valence-corrected chi connectivity index (χ0v) is 16.2. The van der Waals surface area contributed by atoms with Crippen molar-refractivity contribution in [2.75, 3.05) is 18.9 Å². The fourth-order valence-electron chi connectivity index (χ4n) is 3.27. The Kier molecular flexibility index (Phi) is 8.06. The summed E-state index contributed by atoms with van der Waals surface area (Å²) in [5.41, 5.74) is 0.950. The molecule has 4 nitrogen and oxygen atoms in total. The highest BCUT2D eigenvalue weighted by molar-refractivity contribution is 7.58. The third-order valence-corrected chi connectivity index (χ3v) is 7.28. The first-order valence-electron chi connectivity index (χ1n) is 8.49. The Bertz CT molecular complexity index is 579. The molecule has 1 fully saturated rings. The van der Waals surface area contributed by atoms with Gasteiger partial charge in [0.05, 0.1) is 22.3 Å². The van der Waals surface area contributed by atoms with Gasteiger partial charge in [-0.05, 0) is 36.5 Å². The maximum Gasteiger partial charge on any atom is 0.203 e. The fourth-order valence-corrected chi connectivity index (χ4v) is 5.70. The highest BCUT2D eigenvalue weighted by Gasteiger charge is 2.27. The van der Waals surface area contributed by atoms with Crippen LogP contribution in [0.2, 0.25) is 10.0 Å². The zero-order chi connectivity index (χ0) is 17.6. The third-order valence-electron chi connectivity index (χ3n) is 4.46. The molecular formula is C17H26Cl2NO3P. The number of rotatable bonds is 8. The monoisotopic (exact) mass is 393 g/mol.